The highest BCUT2D eigenvalue weighted by Gasteiger charge is 2.42. The molecule has 29 heavy (non-hydrogen) atoms. The van der Waals surface area contributed by atoms with Crippen LogP contribution in [0.2, 0.25) is 0 Å². The molecule has 1 fully saturated rings. The number of nitrogens with two attached hydrogens (primary N) is 1. The van der Waals surface area contributed by atoms with Gasteiger partial charge in [-0.25, -0.2) is 4.68 Å². The van der Waals surface area contributed by atoms with Crippen molar-refractivity contribution in [3.8, 4) is 0 Å². The molecule has 1 heterocycles. The van der Waals surface area contributed by atoms with Gasteiger partial charge in [-0.05, 0) is 43.2 Å². The first kappa shape index (κ1) is 20.1. The van der Waals surface area contributed by atoms with Gasteiger partial charge in [0.1, 0.15) is 12.0 Å². The van der Waals surface area contributed by atoms with Crippen LogP contribution >= 0.6 is 0 Å². The zero-order chi connectivity index (χ0) is 21.0. The fourth-order valence-electron chi connectivity index (χ4n) is 3.21. The molecule has 1 aliphatic carbocycles. The lowest BCUT2D eigenvalue weighted by Gasteiger charge is -2.35. The number of amides is 2. The molecule has 0 aliphatic heterocycles. The van der Waals surface area contributed by atoms with Crippen LogP contribution in [0, 0.1) is 17.2 Å². The third kappa shape index (κ3) is 4.78. The lowest BCUT2D eigenvalue weighted by atomic mass is 9.72. The number of benzene rings is 1. The van der Waals surface area contributed by atoms with Crippen LogP contribution in [-0.4, -0.2) is 38.5 Å². The first-order valence-electron chi connectivity index (χ1n) is 9.11. The molecule has 0 spiro atoms. The van der Waals surface area contributed by atoms with Gasteiger partial charge in [-0.15, -0.1) is 0 Å². The van der Waals surface area contributed by atoms with Crippen molar-refractivity contribution >= 4 is 29.3 Å². The summed E-state index contributed by atoms with van der Waals surface area (Å²) in [5.41, 5.74) is 6.50. The molecule has 0 radical (unpaired) electrons. The van der Waals surface area contributed by atoms with Crippen LogP contribution in [0.3, 0.4) is 0 Å². The molecule has 1 saturated carbocycles. The number of carboxylic acid groups (broad SMARTS) is 1. The van der Waals surface area contributed by atoms with Crippen molar-refractivity contribution in [1.29, 1.82) is 5.41 Å². The van der Waals surface area contributed by atoms with E-state index in [-0.39, 0.29) is 24.1 Å². The lowest BCUT2D eigenvalue weighted by molar-refractivity contribution is -0.141. The van der Waals surface area contributed by atoms with Gasteiger partial charge in [0.25, 0.3) is 0 Å². The molecule has 0 saturated heterocycles. The Bertz CT molecular complexity index is 909. The topological polar surface area (TPSA) is 163 Å². The second kappa shape index (κ2) is 8.55. The van der Waals surface area contributed by atoms with Crippen LogP contribution in [0.1, 0.15) is 31.0 Å². The molecule has 152 valence electrons. The monoisotopic (exact) mass is 398 g/mol. The summed E-state index contributed by atoms with van der Waals surface area (Å²) in [4.78, 5) is 36.3. The van der Waals surface area contributed by atoms with Crippen LogP contribution in [0.5, 0.6) is 0 Å². The van der Waals surface area contributed by atoms with Crippen LogP contribution < -0.4 is 16.4 Å². The van der Waals surface area contributed by atoms with E-state index in [1.54, 1.807) is 36.5 Å². The number of carboxylic acids is 1. The normalized spacial score (nSPS) is 18.9. The van der Waals surface area contributed by atoms with Gasteiger partial charge in [-0.1, -0.05) is 0 Å². The number of hydrogen-bond donors (Lipinski definition) is 5. The number of carbonyl (C=O) groups is 3. The minimum Gasteiger partial charge on any atom is -0.481 e. The van der Waals surface area contributed by atoms with Crippen molar-refractivity contribution in [2.75, 3.05) is 5.32 Å². The number of hydrogen-bond acceptors (Lipinski definition) is 5. The first-order valence-corrected chi connectivity index (χ1v) is 9.11. The molecule has 1 aromatic heterocycles. The summed E-state index contributed by atoms with van der Waals surface area (Å²) in [6.45, 7) is 0. The number of nitrogens with zero attached hydrogens (tertiary/aromatic N) is 2. The molecule has 1 aromatic carbocycles. The fraction of sp³-hybridized carbons (Fsp3) is 0.316. The van der Waals surface area contributed by atoms with Gasteiger partial charge in [0.15, 0.2) is 0 Å². The number of amidine groups is 1. The zero-order valence-electron chi connectivity index (χ0n) is 15.5. The minimum absolute atomic E-state index is 0.0632. The molecule has 6 N–H and O–H groups in total. The Morgan fingerprint density at radius 3 is 2.38 bits per heavy atom. The molecule has 10 nitrogen and oxygen atoms in total. The standard InChI is InChI=1S/C19H22N6O4/c20-17(21)11-2-4-12(5-3-11)23-18(28)13-6-7-14(13)19(29)24-15(10-16(26)27)25-9-1-8-22-25/h1-5,8-9,13-15H,6-7,10H2,(H3,20,21)(H,23,28)(H,24,29)(H,26,27). The number of aromatic nitrogens is 2. The van der Waals surface area contributed by atoms with E-state index in [4.69, 9.17) is 16.2 Å². The van der Waals surface area contributed by atoms with Crippen LogP contribution in [0.25, 0.3) is 0 Å². The van der Waals surface area contributed by atoms with E-state index >= 15 is 0 Å². The van der Waals surface area contributed by atoms with Crippen molar-refractivity contribution < 1.29 is 19.5 Å². The maximum atomic E-state index is 12.6. The van der Waals surface area contributed by atoms with E-state index in [1.807, 2.05) is 0 Å². The van der Waals surface area contributed by atoms with Crippen LogP contribution in [0.15, 0.2) is 42.7 Å². The molecular weight excluding hydrogens is 376 g/mol. The van der Waals surface area contributed by atoms with Crippen LogP contribution in [-0.2, 0) is 14.4 Å². The summed E-state index contributed by atoms with van der Waals surface area (Å²) in [6, 6.07) is 8.18. The van der Waals surface area contributed by atoms with E-state index in [0.717, 1.165) is 0 Å². The number of aliphatic carboxylic acids is 1. The maximum Gasteiger partial charge on any atom is 0.307 e. The summed E-state index contributed by atoms with van der Waals surface area (Å²) >= 11 is 0. The predicted molar refractivity (Wildman–Crippen MR) is 104 cm³/mol. The molecule has 0 bridgehead atoms. The first-order chi connectivity index (χ1) is 13.8. The molecule has 3 rings (SSSR count). The van der Waals surface area contributed by atoms with E-state index in [1.165, 1.54) is 10.9 Å². The van der Waals surface area contributed by atoms with E-state index in [2.05, 4.69) is 15.7 Å². The SMILES string of the molecule is N=C(N)c1ccc(NC(=O)C2CCC2C(=O)NC(CC(=O)O)n2cccn2)cc1. The number of anilines is 1. The predicted octanol–water partition coefficient (Wildman–Crippen LogP) is 0.922. The maximum absolute atomic E-state index is 12.6. The highest BCUT2D eigenvalue weighted by Crippen LogP contribution is 2.35. The van der Waals surface area contributed by atoms with Crippen molar-refractivity contribution in [1.82, 2.24) is 15.1 Å². The number of rotatable bonds is 8. The number of nitrogens with one attached hydrogen (secondary N) is 3. The Labute approximate surface area is 166 Å². The average molecular weight is 398 g/mol. The van der Waals surface area contributed by atoms with Gasteiger partial charge >= 0.3 is 5.97 Å². The Morgan fingerprint density at radius 2 is 1.86 bits per heavy atom. The Balaban J connectivity index is 1.61. The Morgan fingerprint density at radius 1 is 1.21 bits per heavy atom. The quantitative estimate of drug-likeness (QED) is 0.328. The summed E-state index contributed by atoms with van der Waals surface area (Å²) in [7, 11) is 0. The van der Waals surface area contributed by atoms with Crippen LogP contribution in [0.4, 0.5) is 5.69 Å². The van der Waals surface area contributed by atoms with Gasteiger partial charge < -0.3 is 21.5 Å². The summed E-state index contributed by atoms with van der Waals surface area (Å²) in [5.74, 6) is -2.80. The second-order valence-corrected chi connectivity index (χ2v) is 6.88. The Kier molecular flexibility index (Phi) is 5.91. The minimum atomic E-state index is -1.07. The number of nitrogen functional groups attached to an aromatic ring is 1. The second-order valence-electron chi connectivity index (χ2n) is 6.88. The van der Waals surface area contributed by atoms with Gasteiger partial charge in [0.05, 0.1) is 6.42 Å². The van der Waals surface area contributed by atoms with Gasteiger partial charge in [0.2, 0.25) is 11.8 Å². The molecule has 3 atom stereocenters. The summed E-state index contributed by atoms with van der Waals surface area (Å²) in [6.07, 6.45) is 3.05. The van der Waals surface area contributed by atoms with E-state index in [9.17, 15) is 14.4 Å². The third-order valence-electron chi connectivity index (χ3n) is 4.93. The molecule has 1 aliphatic rings. The van der Waals surface area contributed by atoms with Crippen molar-refractivity contribution in [3.63, 3.8) is 0 Å². The molecule has 2 amide bonds. The zero-order valence-corrected chi connectivity index (χ0v) is 15.5. The van der Waals surface area contributed by atoms with Crippen molar-refractivity contribution in [2.24, 2.45) is 17.6 Å². The highest BCUT2D eigenvalue weighted by atomic mass is 16.4. The van der Waals surface area contributed by atoms with E-state index < -0.39 is 24.0 Å². The van der Waals surface area contributed by atoms with E-state index in [0.29, 0.717) is 24.1 Å². The summed E-state index contributed by atoms with van der Waals surface area (Å²) in [5, 5.41) is 25.9. The lowest BCUT2D eigenvalue weighted by Crippen LogP contribution is -2.47. The van der Waals surface area contributed by atoms with Crippen molar-refractivity contribution in [2.45, 2.75) is 25.4 Å². The summed E-state index contributed by atoms with van der Waals surface area (Å²) < 4.78 is 1.37. The largest absolute Gasteiger partial charge is 0.481 e. The van der Waals surface area contributed by atoms with Gasteiger partial charge in [0, 0.05) is 35.5 Å². The van der Waals surface area contributed by atoms with Gasteiger partial charge in [-0.3, -0.25) is 19.8 Å². The fourth-order valence-corrected chi connectivity index (χ4v) is 3.21. The van der Waals surface area contributed by atoms with Crippen molar-refractivity contribution in [3.05, 3.63) is 48.3 Å². The molecule has 2 aromatic rings. The number of carbonyl (C=O) groups excluding carboxylic acids is 2. The molecule has 10 heteroatoms. The highest BCUT2D eigenvalue weighted by molar-refractivity contribution is 5.98. The molecule has 3 unspecified atom stereocenters. The average Bonchev–Trinajstić information content (AvgIpc) is 3.14. The third-order valence-corrected chi connectivity index (χ3v) is 4.93. The molecular formula is C19H22N6O4. The van der Waals surface area contributed by atoms with Gasteiger partial charge in [-0.2, -0.15) is 5.10 Å². The Hall–Kier alpha value is -3.69. The smallest absolute Gasteiger partial charge is 0.307 e.